The number of hydrogen-bond donors (Lipinski definition) is 1. The average Bonchev–Trinajstić information content (AvgIpc) is 2.31. The number of Topliss-reactive ketones (excluding diaryl/α,β-unsaturated/α-hetero) is 1. The molecule has 0 amide bonds. The molecule has 0 fully saturated rings. The number of aryl methyl sites for hydroxylation is 1. The second kappa shape index (κ2) is 3.91. The fourth-order valence-corrected chi connectivity index (χ4v) is 2.05. The lowest BCUT2D eigenvalue weighted by atomic mass is 9.84. The first-order valence-corrected chi connectivity index (χ1v) is 5.71. The van der Waals surface area contributed by atoms with Gasteiger partial charge in [-0.15, -0.1) is 0 Å². The van der Waals surface area contributed by atoms with Crippen LogP contribution < -0.4 is 4.74 Å². The van der Waals surface area contributed by atoms with Crippen LogP contribution in [-0.2, 0) is 0 Å². The summed E-state index contributed by atoms with van der Waals surface area (Å²) in [6.07, 6.45) is 1.50. The van der Waals surface area contributed by atoms with Crippen molar-refractivity contribution in [3.05, 3.63) is 41.2 Å². The topological polar surface area (TPSA) is 46.5 Å². The van der Waals surface area contributed by atoms with E-state index in [-0.39, 0.29) is 5.78 Å². The van der Waals surface area contributed by atoms with Crippen LogP contribution in [0.1, 0.15) is 36.2 Å². The maximum atomic E-state index is 12.3. The number of ether oxygens (including phenoxy) is 1. The van der Waals surface area contributed by atoms with Crippen LogP contribution in [0.4, 0.5) is 0 Å². The first kappa shape index (κ1) is 11.7. The van der Waals surface area contributed by atoms with E-state index >= 15 is 0 Å². The third-order valence-electron chi connectivity index (χ3n) is 3.33. The lowest BCUT2D eigenvalue weighted by molar-refractivity contribution is 0.0771. The summed E-state index contributed by atoms with van der Waals surface area (Å²) in [5, 5.41) is 9.26. The molecule has 0 radical (unpaired) electrons. The standard InChI is InChI=1S/C14H16O3/c1-4-14(3)11(8-15)13(16)10-7-9(2)5-6-12(10)17-14/h5-8,15H,4H2,1-3H3/b11-8-. The normalized spacial score (nSPS) is 25.6. The molecule has 1 atom stereocenters. The molecule has 1 aliphatic rings. The van der Waals surface area contributed by atoms with E-state index in [4.69, 9.17) is 4.74 Å². The van der Waals surface area contributed by atoms with Crippen molar-refractivity contribution < 1.29 is 14.6 Å². The summed E-state index contributed by atoms with van der Waals surface area (Å²) < 4.78 is 5.85. The minimum atomic E-state index is -0.742. The van der Waals surface area contributed by atoms with Crippen LogP contribution in [0.5, 0.6) is 5.75 Å². The molecule has 90 valence electrons. The van der Waals surface area contributed by atoms with E-state index < -0.39 is 5.60 Å². The van der Waals surface area contributed by atoms with E-state index in [1.165, 1.54) is 0 Å². The third-order valence-corrected chi connectivity index (χ3v) is 3.33. The molecule has 3 nitrogen and oxygen atoms in total. The van der Waals surface area contributed by atoms with Gasteiger partial charge in [-0.3, -0.25) is 4.79 Å². The van der Waals surface area contributed by atoms with Crippen molar-refractivity contribution in [2.24, 2.45) is 0 Å². The van der Waals surface area contributed by atoms with E-state index in [1.807, 2.05) is 32.9 Å². The van der Waals surface area contributed by atoms with E-state index in [2.05, 4.69) is 0 Å². The Labute approximate surface area is 101 Å². The summed E-state index contributed by atoms with van der Waals surface area (Å²) in [6, 6.07) is 5.51. The van der Waals surface area contributed by atoms with Crippen LogP contribution in [-0.4, -0.2) is 16.5 Å². The Hall–Kier alpha value is -1.77. The molecule has 1 unspecified atom stereocenters. The van der Waals surface area contributed by atoms with Gasteiger partial charge >= 0.3 is 0 Å². The van der Waals surface area contributed by atoms with Gasteiger partial charge in [0.15, 0.2) is 5.78 Å². The average molecular weight is 232 g/mol. The van der Waals surface area contributed by atoms with Gasteiger partial charge in [-0.05, 0) is 32.4 Å². The second-order valence-electron chi connectivity index (χ2n) is 4.56. The minimum Gasteiger partial charge on any atom is -0.515 e. The molecule has 1 aromatic rings. The molecule has 0 saturated heterocycles. The van der Waals surface area contributed by atoms with Gasteiger partial charge in [-0.2, -0.15) is 0 Å². The van der Waals surface area contributed by atoms with Crippen molar-refractivity contribution in [2.75, 3.05) is 0 Å². The number of rotatable bonds is 1. The Morgan fingerprint density at radius 3 is 2.76 bits per heavy atom. The van der Waals surface area contributed by atoms with Crippen molar-refractivity contribution in [2.45, 2.75) is 32.8 Å². The van der Waals surface area contributed by atoms with Crippen molar-refractivity contribution in [1.82, 2.24) is 0 Å². The highest BCUT2D eigenvalue weighted by molar-refractivity contribution is 6.12. The molecule has 0 saturated carbocycles. The first-order valence-electron chi connectivity index (χ1n) is 5.71. The summed E-state index contributed by atoms with van der Waals surface area (Å²) in [4.78, 5) is 12.3. The van der Waals surface area contributed by atoms with Gasteiger partial charge in [0.1, 0.15) is 11.4 Å². The fraction of sp³-hybridized carbons (Fsp3) is 0.357. The highest BCUT2D eigenvalue weighted by Gasteiger charge is 2.40. The number of hydrogen-bond acceptors (Lipinski definition) is 3. The summed E-state index contributed by atoms with van der Waals surface area (Å²) in [5.41, 5.74) is 1.10. The number of aliphatic hydroxyl groups excluding tert-OH is 1. The predicted octanol–water partition coefficient (Wildman–Crippen LogP) is 3.18. The molecule has 1 N–H and O–H groups in total. The van der Waals surface area contributed by atoms with Crippen molar-refractivity contribution in [3.8, 4) is 5.75 Å². The maximum Gasteiger partial charge on any atom is 0.199 e. The maximum absolute atomic E-state index is 12.3. The molecule has 0 bridgehead atoms. The number of aliphatic hydroxyl groups is 1. The molecule has 1 aromatic carbocycles. The zero-order valence-electron chi connectivity index (χ0n) is 10.3. The lowest BCUT2D eigenvalue weighted by Crippen LogP contribution is -2.41. The quantitative estimate of drug-likeness (QED) is 0.597. The highest BCUT2D eigenvalue weighted by Crippen LogP contribution is 2.38. The molecule has 3 heteroatoms. The zero-order chi connectivity index (χ0) is 12.6. The van der Waals surface area contributed by atoms with Crippen molar-refractivity contribution in [3.63, 3.8) is 0 Å². The molecule has 0 aromatic heterocycles. The molecule has 0 aliphatic carbocycles. The molecule has 1 aliphatic heterocycles. The Morgan fingerprint density at radius 2 is 2.18 bits per heavy atom. The molecular formula is C14H16O3. The van der Waals surface area contributed by atoms with Crippen LogP contribution in [0.2, 0.25) is 0 Å². The minimum absolute atomic E-state index is 0.151. The molecule has 17 heavy (non-hydrogen) atoms. The second-order valence-corrected chi connectivity index (χ2v) is 4.56. The van der Waals surface area contributed by atoms with E-state index in [0.29, 0.717) is 23.3 Å². The summed E-state index contributed by atoms with van der Waals surface area (Å²) in [7, 11) is 0. The Morgan fingerprint density at radius 1 is 1.47 bits per heavy atom. The molecule has 1 heterocycles. The fourth-order valence-electron chi connectivity index (χ4n) is 2.05. The van der Waals surface area contributed by atoms with Crippen molar-refractivity contribution in [1.29, 1.82) is 0 Å². The van der Waals surface area contributed by atoms with Gasteiger partial charge in [-0.25, -0.2) is 0 Å². The van der Waals surface area contributed by atoms with E-state index in [9.17, 15) is 9.90 Å². The third kappa shape index (κ3) is 1.71. The number of carbonyl (C=O) groups is 1. The predicted molar refractivity (Wildman–Crippen MR) is 65.5 cm³/mol. The lowest BCUT2D eigenvalue weighted by Gasteiger charge is -2.35. The number of fused-ring (bicyclic) bond motifs is 1. The number of carbonyl (C=O) groups excluding carboxylic acids is 1. The van der Waals surface area contributed by atoms with Crippen LogP contribution in [0.15, 0.2) is 30.0 Å². The molecular weight excluding hydrogens is 216 g/mol. The molecule has 0 spiro atoms. The smallest absolute Gasteiger partial charge is 0.199 e. The Kier molecular flexibility index (Phi) is 2.69. The number of benzene rings is 1. The van der Waals surface area contributed by atoms with Crippen LogP contribution in [0, 0.1) is 6.92 Å². The Balaban J connectivity index is 2.61. The Bertz CT molecular complexity index is 502. The van der Waals surface area contributed by atoms with E-state index in [0.717, 1.165) is 11.8 Å². The van der Waals surface area contributed by atoms with Gasteiger partial charge in [0, 0.05) is 0 Å². The zero-order valence-corrected chi connectivity index (χ0v) is 10.3. The first-order chi connectivity index (χ1) is 8.01. The monoisotopic (exact) mass is 232 g/mol. The van der Waals surface area contributed by atoms with Gasteiger partial charge in [0.25, 0.3) is 0 Å². The molecule has 2 rings (SSSR count). The van der Waals surface area contributed by atoms with Gasteiger partial charge in [-0.1, -0.05) is 18.6 Å². The van der Waals surface area contributed by atoms with E-state index in [1.54, 1.807) is 6.07 Å². The summed E-state index contributed by atoms with van der Waals surface area (Å²) in [6.45, 7) is 5.66. The highest BCUT2D eigenvalue weighted by atomic mass is 16.5. The van der Waals surface area contributed by atoms with Gasteiger partial charge < -0.3 is 9.84 Å². The van der Waals surface area contributed by atoms with Gasteiger partial charge in [0.2, 0.25) is 0 Å². The van der Waals surface area contributed by atoms with Gasteiger partial charge in [0.05, 0.1) is 17.4 Å². The SMILES string of the molecule is CCC1(C)Oc2ccc(C)cc2C(=O)/C1=C/O. The van der Waals surface area contributed by atoms with Crippen LogP contribution in [0.25, 0.3) is 0 Å². The summed E-state index contributed by atoms with van der Waals surface area (Å²) in [5.74, 6) is 0.442. The summed E-state index contributed by atoms with van der Waals surface area (Å²) >= 11 is 0. The largest absolute Gasteiger partial charge is 0.515 e. The van der Waals surface area contributed by atoms with Crippen molar-refractivity contribution >= 4 is 5.78 Å². The number of ketones is 1. The van der Waals surface area contributed by atoms with Crippen LogP contribution in [0.3, 0.4) is 0 Å². The van der Waals surface area contributed by atoms with Crippen LogP contribution >= 0.6 is 0 Å².